The number of amides is 7. The van der Waals surface area contributed by atoms with Crippen LogP contribution in [0.4, 0.5) is 0 Å². The van der Waals surface area contributed by atoms with Crippen LogP contribution in [0.2, 0.25) is 0 Å². The van der Waals surface area contributed by atoms with E-state index in [0.29, 0.717) is 29.7 Å². The number of hydrogen-bond acceptors (Lipinski definition) is 10. The van der Waals surface area contributed by atoms with E-state index in [9.17, 15) is 33.6 Å². The maximum Gasteiger partial charge on any atom is 0.270 e. The van der Waals surface area contributed by atoms with Crippen molar-refractivity contribution in [3.63, 3.8) is 0 Å². The van der Waals surface area contributed by atoms with Gasteiger partial charge in [0, 0.05) is 61.3 Å². The third-order valence-electron chi connectivity index (χ3n) is 11.9. The van der Waals surface area contributed by atoms with E-state index >= 15 is 0 Å². The largest absolute Gasteiger partial charge is 0.370 e. The summed E-state index contributed by atoms with van der Waals surface area (Å²) in [7, 11) is 0. The number of H-pyrrole nitrogens is 2. The fourth-order valence-electron chi connectivity index (χ4n) is 8.20. The molecule has 0 saturated heterocycles. The van der Waals surface area contributed by atoms with Crippen molar-refractivity contribution in [3.8, 4) is 0 Å². The maximum absolute atomic E-state index is 14.8. The SMILES string of the molecule is NC(=O)[C@@H]1CCCCNC(=O)c2cccc(n2)C(=O)N[C@@H](Cc2cnc[nH]2)C(=O)N[C@H](Cc2ccc3ccccc3c2)C(=O)N[C@@H](CCCN=C(N)N)C(=O)N[C@@H](Cc2c[nH]c3ccccc23)C(=O)N1. The van der Waals surface area contributed by atoms with E-state index in [1.807, 2.05) is 66.7 Å². The van der Waals surface area contributed by atoms with Gasteiger partial charge >= 0.3 is 0 Å². The average Bonchev–Trinajstić information content (AvgIpc) is 4.03. The van der Waals surface area contributed by atoms with Crippen LogP contribution < -0.4 is 49.1 Å². The van der Waals surface area contributed by atoms with Gasteiger partial charge in [-0.1, -0.05) is 66.7 Å². The second-order valence-electron chi connectivity index (χ2n) is 17.0. The standard InChI is InChI=1S/C49H56N14O7/c50-42(64)35-13-5-6-19-54-43(65)36-14-7-15-37(58-36)44(66)63-41(24-32-26-53-27-57-32)48(70)61-39(22-28-17-18-29-9-1-2-10-30(29)21-28)46(68)60-38(16-8-20-55-49(51)52)45(67)62-40(47(69)59-35)23-31-25-56-34-12-4-3-11-33(31)34/h1-4,7,9-12,14-15,17-18,21,25-27,35,38-41,56H,5-6,8,13,16,19-20,22-24H2,(H2,50,64)(H,53,57)(H,54,65)(H,59,69)(H,60,68)(H,61,70)(H,62,67)(H,63,66)(H4,51,52,55)/t35-,38-,39+,40-,41-/m0/s1. The Morgan fingerprint density at radius 1 is 0.657 bits per heavy atom. The minimum atomic E-state index is -1.35. The van der Waals surface area contributed by atoms with Gasteiger partial charge in [0.05, 0.1) is 6.33 Å². The van der Waals surface area contributed by atoms with E-state index < -0.39 is 71.6 Å². The highest BCUT2D eigenvalue weighted by Crippen LogP contribution is 2.21. The first kappa shape index (κ1) is 49.3. The molecule has 21 nitrogen and oxygen atoms in total. The van der Waals surface area contributed by atoms with Gasteiger partial charge in [0.2, 0.25) is 29.5 Å². The van der Waals surface area contributed by atoms with Crippen LogP contribution in [-0.2, 0) is 43.2 Å². The lowest BCUT2D eigenvalue weighted by molar-refractivity contribution is -0.134. The zero-order valence-electron chi connectivity index (χ0n) is 38.2. The second-order valence-corrected chi connectivity index (χ2v) is 17.0. The lowest BCUT2D eigenvalue weighted by Crippen LogP contribution is -2.60. The predicted molar refractivity (Wildman–Crippen MR) is 260 cm³/mol. The van der Waals surface area contributed by atoms with Crippen LogP contribution in [0.3, 0.4) is 0 Å². The fraction of sp³-hybridized carbons (Fsp3) is 0.306. The number of rotatable bonds is 11. The summed E-state index contributed by atoms with van der Waals surface area (Å²) in [5.74, 6) is -5.35. The Hall–Kier alpha value is -8.62. The number of primary amides is 1. The first-order valence-electron chi connectivity index (χ1n) is 22.9. The summed E-state index contributed by atoms with van der Waals surface area (Å²) < 4.78 is 0. The highest BCUT2D eigenvalue weighted by atomic mass is 16.2. The van der Waals surface area contributed by atoms with Gasteiger partial charge in [0.25, 0.3) is 11.8 Å². The number of nitrogens with two attached hydrogens (primary N) is 3. The molecule has 5 atom stereocenters. The highest BCUT2D eigenvalue weighted by molar-refractivity contribution is 6.00. The van der Waals surface area contributed by atoms with Crippen LogP contribution in [0.25, 0.3) is 21.7 Å². The van der Waals surface area contributed by atoms with Gasteiger partial charge in [-0.2, -0.15) is 0 Å². The van der Waals surface area contributed by atoms with Gasteiger partial charge < -0.3 is 59.1 Å². The second kappa shape index (κ2) is 23.4. The van der Waals surface area contributed by atoms with Gasteiger partial charge in [-0.25, -0.2) is 9.97 Å². The lowest BCUT2D eigenvalue weighted by atomic mass is 9.99. The van der Waals surface area contributed by atoms with Gasteiger partial charge in [-0.15, -0.1) is 0 Å². The van der Waals surface area contributed by atoms with Gasteiger partial charge in [0.1, 0.15) is 41.6 Å². The molecule has 364 valence electrons. The molecule has 2 bridgehead atoms. The monoisotopic (exact) mass is 952 g/mol. The molecule has 0 aliphatic carbocycles. The fourth-order valence-corrected chi connectivity index (χ4v) is 8.20. The summed E-state index contributed by atoms with van der Waals surface area (Å²) in [6, 6.07) is 18.5. The number of benzene rings is 3. The molecule has 3 aromatic carbocycles. The number of nitrogens with zero attached hydrogens (tertiary/aromatic N) is 3. The number of para-hydroxylation sites is 1. The zero-order chi connectivity index (χ0) is 49.6. The first-order valence-corrected chi connectivity index (χ1v) is 22.9. The molecule has 7 rings (SSSR count). The topological polar surface area (TPSA) is 339 Å². The van der Waals surface area contributed by atoms with Crippen LogP contribution in [0.15, 0.2) is 109 Å². The molecular weight excluding hydrogens is 897 g/mol. The Kier molecular flexibility index (Phi) is 16.5. The molecule has 6 aromatic rings. The number of carbonyl (C=O) groups is 7. The van der Waals surface area contributed by atoms with E-state index in [2.05, 4.69) is 56.8 Å². The van der Waals surface area contributed by atoms with Crippen LogP contribution in [0.1, 0.15) is 69.9 Å². The normalized spacial score (nSPS) is 20.2. The van der Waals surface area contributed by atoms with Crippen molar-refractivity contribution in [1.29, 1.82) is 0 Å². The minimum absolute atomic E-state index is 0.0164. The number of pyridine rings is 1. The predicted octanol–water partition coefficient (Wildman–Crippen LogP) is 0.658. The molecule has 1 aliphatic heterocycles. The molecule has 0 radical (unpaired) electrons. The van der Waals surface area contributed by atoms with Crippen molar-refractivity contribution in [2.45, 2.75) is 81.6 Å². The van der Waals surface area contributed by atoms with Crippen LogP contribution in [0, 0.1) is 0 Å². The van der Waals surface area contributed by atoms with E-state index in [-0.39, 0.29) is 69.0 Å². The van der Waals surface area contributed by atoms with E-state index in [1.165, 1.54) is 30.7 Å². The third-order valence-corrected chi connectivity index (χ3v) is 11.9. The molecule has 3 aromatic heterocycles. The van der Waals surface area contributed by atoms with E-state index in [1.54, 1.807) is 6.20 Å². The smallest absolute Gasteiger partial charge is 0.270 e. The van der Waals surface area contributed by atoms with Crippen LogP contribution >= 0.6 is 0 Å². The molecule has 21 heteroatoms. The number of aromatic amines is 2. The van der Waals surface area contributed by atoms with Crippen LogP contribution in [0.5, 0.6) is 0 Å². The summed E-state index contributed by atoms with van der Waals surface area (Å²) in [5, 5.41) is 19.3. The van der Waals surface area contributed by atoms with Gasteiger partial charge in [-0.05, 0) is 72.2 Å². The molecule has 14 N–H and O–H groups in total. The maximum atomic E-state index is 14.8. The Labute approximate surface area is 402 Å². The molecule has 7 amide bonds. The van der Waals surface area contributed by atoms with Crippen molar-refractivity contribution < 1.29 is 33.6 Å². The molecule has 0 saturated carbocycles. The summed E-state index contributed by atoms with van der Waals surface area (Å²) >= 11 is 0. The first-order chi connectivity index (χ1) is 33.8. The Balaban J connectivity index is 1.26. The number of imidazole rings is 1. The summed E-state index contributed by atoms with van der Waals surface area (Å²) in [6.07, 6.45) is 5.44. The van der Waals surface area contributed by atoms with E-state index in [4.69, 9.17) is 17.2 Å². The summed E-state index contributed by atoms with van der Waals surface area (Å²) in [6.45, 7) is 0.244. The number of aromatic nitrogens is 4. The number of guanidine groups is 1. The average molecular weight is 953 g/mol. The number of fused-ring (bicyclic) bond motifs is 4. The molecule has 70 heavy (non-hydrogen) atoms. The van der Waals surface area contributed by atoms with Gasteiger partial charge in [-0.3, -0.25) is 38.6 Å². The van der Waals surface area contributed by atoms with Crippen LogP contribution in [-0.4, -0.2) is 111 Å². The number of aliphatic imine (C=N–C) groups is 1. The summed E-state index contributed by atoms with van der Waals surface area (Å²) in [4.78, 5) is 117. The number of hydrogen-bond donors (Lipinski definition) is 11. The van der Waals surface area contributed by atoms with Crippen molar-refractivity contribution >= 4 is 69.0 Å². The molecule has 0 unspecified atom stereocenters. The quantitative estimate of drug-likeness (QED) is 0.0487. The minimum Gasteiger partial charge on any atom is -0.370 e. The van der Waals surface area contributed by atoms with Crippen molar-refractivity contribution in [2.75, 3.05) is 13.1 Å². The third kappa shape index (κ3) is 13.3. The van der Waals surface area contributed by atoms with Gasteiger partial charge in [0.15, 0.2) is 5.96 Å². The molecule has 0 fully saturated rings. The molecule has 4 heterocycles. The lowest BCUT2D eigenvalue weighted by Gasteiger charge is -2.27. The Morgan fingerprint density at radius 2 is 1.33 bits per heavy atom. The molecular formula is C49H56N14O7. The molecule has 0 spiro atoms. The van der Waals surface area contributed by atoms with Crippen molar-refractivity contribution in [2.24, 2.45) is 22.2 Å². The molecule has 1 aliphatic rings. The van der Waals surface area contributed by atoms with E-state index in [0.717, 1.165) is 21.7 Å². The Bertz CT molecular complexity index is 2880. The number of carbonyl (C=O) groups excluding carboxylic acids is 7. The zero-order valence-corrected chi connectivity index (χ0v) is 38.2. The number of nitrogens with one attached hydrogen (secondary N) is 8. The van der Waals surface area contributed by atoms with Crippen molar-refractivity contribution in [3.05, 3.63) is 132 Å². The highest BCUT2D eigenvalue weighted by Gasteiger charge is 2.33. The van der Waals surface area contributed by atoms with Crippen molar-refractivity contribution in [1.82, 2.24) is 51.8 Å². The summed E-state index contributed by atoms with van der Waals surface area (Å²) in [5.41, 5.74) is 19.4. The Morgan fingerprint density at radius 3 is 2.07 bits per heavy atom.